The van der Waals surface area contributed by atoms with Crippen molar-refractivity contribution in [1.29, 1.82) is 0 Å². The van der Waals surface area contributed by atoms with Crippen LogP contribution in [-0.4, -0.2) is 11.7 Å². The molecule has 0 saturated carbocycles. The third kappa shape index (κ3) is 2.30. The zero-order valence-electron chi connectivity index (χ0n) is 11.0. The Balaban J connectivity index is 2.45. The minimum absolute atomic E-state index is 0.158. The maximum absolute atomic E-state index is 12.3. The van der Waals surface area contributed by atoms with Crippen molar-refractivity contribution in [3.63, 3.8) is 0 Å². The predicted molar refractivity (Wildman–Crippen MR) is 74.1 cm³/mol. The van der Waals surface area contributed by atoms with Gasteiger partial charge in [-0.05, 0) is 11.1 Å². The number of terminal acetylenes is 1. The molecule has 0 unspecified atom stereocenters. The van der Waals surface area contributed by atoms with Crippen LogP contribution in [0.15, 0.2) is 30.0 Å². The molecule has 0 fully saturated rings. The molecule has 2 rings (SSSR count). The fourth-order valence-corrected chi connectivity index (χ4v) is 2.04. The van der Waals surface area contributed by atoms with E-state index >= 15 is 0 Å². The molecule has 1 aliphatic carbocycles. The van der Waals surface area contributed by atoms with Gasteiger partial charge in [0.25, 0.3) is 0 Å². The van der Waals surface area contributed by atoms with Crippen LogP contribution in [0.3, 0.4) is 0 Å². The van der Waals surface area contributed by atoms with E-state index in [9.17, 15) is 9.59 Å². The maximum Gasteiger partial charge on any atom is 0.227 e. The molecule has 1 amide bonds. The molecule has 0 bridgehead atoms. The van der Waals surface area contributed by atoms with E-state index < -0.39 is 0 Å². The summed E-state index contributed by atoms with van der Waals surface area (Å²) < 4.78 is 0. The number of ketones is 1. The Morgan fingerprint density at radius 1 is 1.32 bits per heavy atom. The average Bonchev–Trinajstić information content (AvgIpc) is 2.65. The highest BCUT2D eigenvalue weighted by Crippen LogP contribution is 2.33. The lowest BCUT2D eigenvalue weighted by molar-refractivity contribution is -0.123. The fraction of sp³-hybridized carbons (Fsp3) is 0.250. The second-order valence-corrected chi connectivity index (χ2v) is 4.75. The van der Waals surface area contributed by atoms with Gasteiger partial charge >= 0.3 is 0 Å². The molecule has 0 heterocycles. The summed E-state index contributed by atoms with van der Waals surface area (Å²) in [4.78, 5) is 24.1. The molecule has 96 valence electrons. The van der Waals surface area contributed by atoms with E-state index in [4.69, 9.17) is 6.42 Å². The van der Waals surface area contributed by atoms with Crippen LogP contribution in [0.2, 0.25) is 0 Å². The third-order valence-electron chi connectivity index (χ3n) is 3.08. The number of rotatable bonds is 3. The van der Waals surface area contributed by atoms with Crippen molar-refractivity contribution in [3.8, 4) is 12.3 Å². The molecule has 1 aliphatic rings. The Morgan fingerprint density at radius 2 is 1.95 bits per heavy atom. The average molecular weight is 253 g/mol. The molecular formula is C16H15NO2. The van der Waals surface area contributed by atoms with E-state index in [0.717, 1.165) is 11.1 Å². The van der Waals surface area contributed by atoms with E-state index in [0.29, 0.717) is 17.7 Å². The van der Waals surface area contributed by atoms with Crippen LogP contribution < -0.4 is 5.32 Å². The summed E-state index contributed by atoms with van der Waals surface area (Å²) in [7, 11) is 0. The number of hydrogen-bond acceptors (Lipinski definition) is 2. The normalized spacial score (nSPS) is 13.5. The molecule has 0 spiro atoms. The highest BCUT2D eigenvalue weighted by atomic mass is 16.2. The number of benzene rings is 1. The van der Waals surface area contributed by atoms with Crippen molar-refractivity contribution in [2.45, 2.75) is 20.3 Å². The monoisotopic (exact) mass is 253 g/mol. The van der Waals surface area contributed by atoms with E-state index in [2.05, 4.69) is 11.2 Å². The van der Waals surface area contributed by atoms with E-state index in [1.54, 1.807) is 26.0 Å². The first kappa shape index (κ1) is 13.1. The molecule has 0 atom stereocenters. The van der Waals surface area contributed by atoms with Gasteiger partial charge < -0.3 is 5.32 Å². The smallest absolute Gasteiger partial charge is 0.227 e. The number of fused-ring (bicyclic) bond motifs is 1. The van der Waals surface area contributed by atoms with Crippen LogP contribution in [0.1, 0.15) is 36.2 Å². The van der Waals surface area contributed by atoms with Crippen molar-refractivity contribution in [2.24, 2.45) is 5.92 Å². The minimum atomic E-state index is -0.184. The van der Waals surface area contributed by atoms with Crippen LogP contribution in [0, 0.1) is 18.3 Å². The zero-order chi connectivity index (χ0) is 14.0. The van der Waals surface area contributed by atoms with Crippen LogP contribution in [-0.2, 0) is 4.79 Å². The summed E-state index contributed by atoms with van der Waals surface area (Å²) in [5, 5.41) is 2.71. The van der Waals surface area contributed by atoms with Gasteiger partial charge in [-0.15, -0.1) is 12.3 Å². The van der Waals surface area contributed by atoms with Gasteiger partial charge in [0, 0.05) is 17.9 Å². The van der Waals surface area contributed by atoms with E-state index in [1.165, 1.54) is 0 Å². The summed E-state index contributed by atoms with van der Waals surface area (Å²) in [5.41, 5.74) is 2.49. The Labute approximate surface area is 112 Å². The van der Waals surface area contributed by atoms with Crippen LogP contribution >= 0.6 is 0 Å². The summed E-state index contributed by atoms with van der Waals surface area (Å²) in [5.74, 6) is 2.03. The number of allylic oxidation sites excluding steroid dienone is 2. The zero-order valence-corrected chi connectivity index (χ0v) is 11.0. The second kappa shape index (κ2) is 5.11. The molecule has 1 N–H and O–H groups in total. The van der Waals surface area contributed by atoms with Gasteiger partial charge in [0.05, 0.1) is 5.70 Å². The topological polar surface area (TPSA) is 46.2 Å². The van der Waals surface area contributed by atoms with Crippen LogP contribution in [0.5, 0.6) is 0 Å². The first-order chi connectivity index (χ1) is 9.06. The Morgan fingerprint density at radius 3 is 2.53 bits per heavy atom. The minimum Gasteiger partial charge on any atom is -0.322 e. The Hall–Kier alpha value is -2.34. The lowest BCUT2D eigenvalue weighted by Crippen LogP contribution is -2.30. The summed E-state index contributed by atoms with van der Waals surface area (Å²) in [6.07, 6.45) is 5.69. The van der Waals surface area contributed by atoms with Crippen LogP contribution in [0.4, 0.5) is 0 Å². The van der Waals surface area contributed by atoms with Crippen molar-refractivity contribution in [1.82, 2.24) is 5.32 Å². The first-order valence-electron chi connectivity index (χ1n) is 6.17. The van der Waals surface area contributed by atoms with Gasteiger partial charge in [-0.1, -0.05) is 38.1 Å². The molecule has 1 aromatic rings. The van der Waals surface area contributed by atoms with Crippen LogP contribution in [0.25, 0.3) is 5.57 Å². The number of Topliss-reactive ketones (excluding diaryl/α,β-unsaturated/α-hetero) is 1. The fourth-order valence-electron chi connectivity index (χ4n) is 2.04. The molecule has 3 heteroatoms. The SMILES string of the molecule is C#CCC1=C(NC(=O)C(C)C)C(=O)c2ccccc21. The maximum atomic E-state index is 12.3. The number of carbonyl (C=O) groups excluding carboxylic acids is 2. The molecule has 0 radical (unpaired) electrons. The van der Waals surface area contributed by atoms with Gasteiger partial charge in [-0.25, -0.2) is 0 Å². The van der Waals surface area contributed by atoms with Crippen molar-refractivity contribution >= 4 is 17.3 Å². The molecule has 3 nitrogen and oxygen atoms in total. The number of carbonyl (C=O) groups is 2. The first-order valence-corrected chi connectivity index (χ1v) is 6.17. The van der Waals surface area contributed by atoms with E-state index in [-0.39, 0.29) is 17.6 Å². The van der Waals surface area contributed by atoms with Crippen molar-refractivity contribution < 1.29 is 9.59 Å². The summed E-state index contributed by atoms with van der Waals surface area (Å²) in [6.45, 7) is 3.56. The van der Waals surface area contributed by atoms with Gasteiger partial charge in [-0.2, -0.15) is 0 Å². The lowest BCUT2D eigenvalue weighted by atomic mass is 10.0. The second-order valence-electron chi connectivity index (χ2n) is 4.75. The van der Waals surface area contributed by atoms with Gasteiger partial charge in [-0.3, -0.25) is 9.59 Å². The summed E-state index contributed by atoms with van der Waals surface area (Å²) >= 11 is 0. The molecule has 0 aromatic heterocycles. The quantitative estimate of drug-likeness (QED) is 0.841. The standard InChI is InChI=1S/C16H15NO2/c1-4-7-12-11-8-5-6-9-13(11)15(18)14(12)17-16(19)10(2)3/h1,5-6,8-10H,7H2,2-3H3,(H,17,18,19). The van der Waals surface area contributed by atoms with Gasteiger partial charge in [0.2, 0.25) is 11.7 Å². The van der Waals surface area contributed by atoms with Crippen molar-refractivity contribution in [3.05, 3.63) is 41.1 Å². The third-order valence-corrected chi connectivity index (χ3v) is 3.08. The largest absolute Gasteiger partial charge is 0.322 e. The predicted octanol–water partition coefficient (Wildman–Crippen LogP) is 2.39. The van der Waals surface area contributed by atoms with E-state index in [1.807, 2.05) is 12.1 Å². The molecule has 19 heavy (non-hydrogen) atoms. The van der Waals surface area contributed by atoms with Gasteiger partial charge in [0.15, 0.2) is 0 Å². The summed E-state index contributed by atoms with van der Waals surface area (Å²) in [6, 6.07) is 7.27. The van der Waals surface area contributed by atoms with Gasteiger partial charge in [0.1, 0.15) is 0 Å². The Kier molecular flexibility index (Phi) is 3.52. The highest BCUT2D eigenvalue weighted by molar-refractivity contribution is 6.21. The highest BCUT2D eigenvalue weighted by Gasteiger charge is 2.30. The van der Waals surface area contributed by atoms with Crippen molar-refractivity contribution in [2.75, 3.05) is 0 Å². The number of hydrogen-bond donors (Lipinski definition) is 1. The molecule has 1 aromatic carbocycles. The lowest BCUT2D eigenvalue weighted by Gasteiger charge is -2.09. The number of nitrogens with one attached hydrogen (secondary N) is 1. The number of amides is 1. The molecular weight excluding hydrogens is 238 g/mol. The molecule has 0 saturated heterocycles. The Bertz CT molecular complexity index is 618. The molecule has 0 aliphatic heterocycles.